The Balaban J connectivity index is 1.95. The number of benzene rings is 2. The van der Waals surface area contributed by atoms with Gasteiger partial charge in [-0.2, -0.15) is 5.26 Å². The van der Waals surface area contributed by atoms with Crippen LogP contribution >= 0.6 is 0 Å². The molecule has 5 heteroatoms. The Hall–Kier alpha value is -3.39. The molecule has 5 nitrogen and oxygen atoms in total. The summed E-state index contributed by atoms with van der Waals surface area (Å²) in [6, 6.07) is 17.2. The van der Waals surface area contributed by atoms with E-state index in [1.54, 1.807) is 18.5 Å². The van der Waals surface area contributed by atoms with Crippen LogP contribution in [0.25, 0.3) is 5.69 Å². The maximum Gasteiger partial charge on any atom is 0.276 e. The van der Waals surface area contributed by atoms with E-state index in [-0.39, 0.29) is 5.91 Å². The molecule has 0 aliphatic heterocycles. The number of carbonyl (C=O) groups excluding carboxylic acids is 1. The molecule has 26 heavy (non-hydrogen) atoms. The van der Waals surface area contributed by atoms with Gasteiger partial charge in [0.1, 0.15) is 12.0 Å². The molecule has 1 heterocycles. The second kappa shape index (κ2) is 7.66. The van der Waals surface area contributed by atoms with Crippen LogP contribution < -0.4 is 5.32 Å². The number of hydrogen-bond donors (Lipinski definition) is 1. The Morgan fingerprint density at radius 1 is 1.23 bits per heavy atom. The third-order valence-corrected chi connectivity index (χ3v) is 4.22. The Morgan fingerprint density at radius 2 is 2.00 bits per heavy atom. The van der Waals surface area contributed by atoms with E-state index in [2.05, 4.69) is 23.3 Å². The van der Waals surface area contributed by atoms with Gasteiger partial charge in [-0.25, -0.2) is 4.98 Å². The molecule has 130 valence electrons. The van der Waals surface area contributed by atoms with Crippen molar-refractivity contribution in [2.75, 3.05) is 5.32 Å². The van der Waals surface area contributed by atoms with Crippen LogP contribution in [-0.4, -0.2) is 15.5 Å². The van der Waals surface area contributed by atoms with Gasteiger partial charge in [0, 0.05) is 11.4 Å². The molecule has 0 atom stereocenters. The number of aromatic nitrogens is 2. The van der Waals surface area contributed by atoms with E-state index in [0.717, 1.165) is 29.8 Å². The molecule has 0 bridgehead atoms. The molecule has 0 radical (unpaired) electrons. The SMILES string of the molecule is CCCc1c(C(=O)Nc2cc(C#N)ccc2C)ncn1-c1ccccc1. The third kappa shape index (κ3) is 3.50. The summed E-state index contributed by atoms with van der Waals surface area (Å²) in [5, 5.41) is 12.0. The lowest BCUT2D eigenvalue weighted by Crippen LogP contribution is -2.16. The van der Waals surface area contributed by atoms with Crippen LogP contribution in [0.4, 0.5) is 5.69 Å². The largest absolute Gasteiger partial charge is 0.320 e. The quantitative estimate of drug-likeness (QED) is 0.752. The highest BCUT2D eigenvalue weighted by Gasteiger charge is 2.19. The van der Waals surface area contributed by atoms with E-state index in [4.69, 9.17) is 5.26 Å². The summed E-state index contributed by atoms with van der Waals surface area (Å²) < 4.78 is 1.96. The first-order valence-electron chi connectivity index (χ1n) is 8.57. The first-order chi connectivity index (χ1) is 12.6. The van der Waals surface area contributed by atoms with Gasteiger partial charge in [-0.1, -0.05) is 37.6 Å². The zero-order valence-corrected chi connectivity index (χ0v) is 14.9. The van der Waals surface area contributed by atoms with E-state index in [1.165, 1.54) is 0 Å². The fraction of sp³-hybridized carbons (Fsp3) is 0.190. The van der Waals surface area contributed by atoms with E-state index in [0.29, 0.717) is 16.9 Å². The van der Waals surface area contributed by atoms with E-state index >= 15 is 0 Å². The summed E-state index contributed by atoms with van der Waals surface area (Å²) in [7, 11) is 0. The number of imidazole rings is 1. The van der Waals surface area contributed by atoms with Crippen molar-refractivity contribution in [1.82, 2.24) is 9.55 Å². The van der Waals surface area contributed by atoms with Gasteiger partial charge in [-0.3, -0.25) is 4.79 Å². The number of para-hydroxylation sites is 1. The summed E-state index contributed by atoms with van der Waals surface area (Å²) in [4.78, 5) is 17.2. The molecule has 1 aromatic heterocycles. The van der Waals surface area contributed by atoms with E-state index in [1.807, 2.05) is 47.9 Å². The van der Waals surface area contributed by atoms with Gasteiger partial charge in [-0.05, 0) is 43.2 Å². The fourth-order valence-electron chi connectivity index (χ4n) is 2.86. The summed E-state index contributed by atoms with van der Waals surface area (Å²) in [6.45, 7) is 3.97. The molecular formula is C21H20N4O. The number of amides is 1. The molecule has 0 saturated carbocycles. The number of nitrogens with one attached hydrogen (secondary N) is 1. The number of rotatable bonds is 5. The summed E-state index contributed by atoms with van der Waals surface area (Å²) in [5.41, 5.74) is 4.31. The second-order valence-electron chi connectivity index (χ2n) is 6.09. The van der Waals surface area contributed by atoms with Crippen molar-refractivity contribution in [2.45, 2.75) is 26.7 Å². The Labute approximate surface area is 152 Å². The van der Waals surface area contributed by atoms with Crippen LogP contribution in [0.5, 0.6) is 0 Å². The highest BCUT2D eigenvalue weighted by Crippen LogP contribution is 2.20. The zero-order chi connectivity index (χ0) is 18.5. The van der Waals surface area contributed by atoms with Gasteiger partial charge in [0.25, 0.3) is 5.91 Å². The Kier molecular flexibility index (Phi) is 5.14. The Bertz CT molecular complexity index is 967. The van der Waals surface area contributed by atoms with Crippen LogP contribution in [0.1, 0.15) is 40.7 Å². The van der Waals surface area contributed by atoms with Crippen LogP contribution in [0.2, 0.25) is 0 Å². The molecule has 3 rings (SSSR count). The van der Waals surface area contributed by atoms with Crippen molar-refractivity contribution in [3.8, 4) is 11.8 Å². The van der Waals surface area contributed by atoms with Gasteiger partial charge in [0.15, 0.2) is 0 Å². The van der Waals surface area contributed by atoms with Gasteiger partial charge < -0.3 is 9.88 Å². The fourth-order valence-corrected chi connectivity index (χ4v) is 2.86. The standard InChI is InChI=1S/C21H20N4O/c1-3-7-19-20(23-14-25(19)17-8-5-4-6-9-17)21(26)24-18-12-16(13-22)11-10-15(18)2/h4-6,8-12,14H,3,7H2,1-2H3,(H,24,26). The monoisotopic (exact) mass is 344 g/mol. The molecule has 0 aliphatic carbocycles. The molecule has 1 amide bonds. The lowest BCUT2D eigenvalue weighted by atomic mass is 10.1. The van der Waals surface area contributed by atoms with Crippen LogP contribution in [0, 0.1) is 18.3 Å². The first kappa shape index (κ1) is 17.4. The van der Waals surface area contributed by atoms with Gasteiger partial charge in [0.05, 0.1) is 17.3 Å². The predicted octanol–water partition coefficient (Wildman–Crippen LogP) is 4.26. The highest BCUT2D eigenvalue weighted by molar-refractivity contribution is 6.04. The Morgan fingerprint density at radius 3 is 2.69 bits per heavy atom. The smallest absolute Gasteiger partial charge is 0.276 e. The maximum absolute atomic E-state index is 12.8. The van der Waals surface area contributed by atoms with Crippen LogP contribution in [0.15, 0.2) is 54.9 Å². The molecular weight excluding hydrogens is 324 g/mol. The van der Waals surface area contributed by atoms with Gasteiger partial charge in [-0.15, -0.1) is 0 Å². The van der Waals surface area contributed by atoms with Crippen LogP contribution in [-0.2, 0) is 6.42 Å². The highest BCUT2D eigenvalue weighted by atomic mass is 16.1. The van der Waals surface area contributed by atoms with Crippen molar-refractivity contribution in [2.24, 2.45) is 0 Å². The average Bonchev–Trinajstić information content (AvgIpc) is 3.08. The molecule has 0 saturated heterocycles. The molecule has 0 unspecified atom stereocenters. The minimum atomic E-state index is -0.263. The first-order valence-corrected chi connectivity index (χ1v) is 8.57. The number of hydrogen-bond acceptors (Lipinski definition) is 3. The molecule has 0 fully saturated rings. The van der Waals surface area contributed by atoms with Crippen molar-refractivity contribution in [1.29, 1.82) is 5.26 Å². The van der Waals surface area contributed by atoms with Crippen molar-refractivity contribution in [3.63, 3.8) is 0 Å². The van der Waals surface area contributed by atoms with Crippen molar-refractivity contribution >= 4 is 11.6 Å². The molecule has 2 aromatic carbocycles. The third-order valence-electron chi connectivity index (χ3n) is 4.22. The average molecular weight is 344 g/mol. The minimum absolute atomic E-state index is 0.263. The van der Waals surface area contributed by atoms with Crippen molar-refractivity contribution in [3.05, 3.63) is 77.4 Å². The van der Waals surface area contributed by atoms with E-state index in [9.17, 15) is 4.79 Å². The normalized spacial score (nSPS) is 10.3. The topological polar surface area (TPSA) is 70.7 Å². The number of nitrogens with zero attached hydrogens (tertiary/aromatic N) is 3. The minimum Gasteiger partial charge on any atom is -0.320 e. The van der Waals surface area contributed by atoms with Gasteiger partial charge in [0.2, 0.25) is 0 Å². The summed E-state index contributed by atoms with van der Waals surface area (Å²) in [5.74, 6) is -0.263. The molecule has 3 aromatic rings. The van der Waals surface area contributed by atoms with Crippen molar-refractivity contribution < 1.29 is 4.79 Å². The zero-order valence-electron chi connectivity index (χ0n) is 14.9. The number of aryl methyl sites for hydroxylation is 1. The molecule has 1 N–H and O–H groups in total. The van der Waals surface area contributed by atoms with E-state index < -0.39 is 0 Å². The number of carbonyl (C=O) groups is 1. The lowest BCUT2D eigenvalue weighted by molar-refractivity contribution is 0.102. The lowest BCUT2D eigenvalue weighted by Gasteiger charge is -2.11. The molecule has 0 aliphatic rings. The maximum atomic E-state index is 12.8. The van der Waals surface area contributed by atoms with Crippen LogP contribution in [0.3, 0.4) is 0 Å². The molecule has 0 spiro atoms. The summed E-state index contributed by atoms with van der Waals surface area (Å²) in [6.07, 6.45) is 3.34. The predicted molar refractivity (Wildman–Crippen MR) is 101 cm³/mol. The van der Waals surface area contributed by atoms with Gasteiger partial charge >= 0.3 is 0 Å². The second-order valence-corrected chi connectivity index (χ2v) is 6.09. The summed E-state index contributed by atoms with van der Waals surface area (Å²) >= 11 is 0. The number of anilines is 1. The number of nitriles is 1.